The van der Waals surface area contributed by atoms with Gasteiger partial charge in [-0.25, -0.2) is 0 Å². The van der Waals surface area contributed by atoms with Crippen molar-refractivity contribution in [1.82, 2.24) is 19.6 Å². The summed E-state index contributed by atoms with van der Waals surface area (Å²) in [5.41, 5.74) is 2.00. The molecule has 0 radical (unpaired) electrons. The third-order valence-corrected chi connectivity index (χ3v) is 3.81. The Morgan fingerprint density at radius 2 is 2.25 bits per heavy atom. The SMILES string of the molecule is Cc1c(Cl)nc2ncnn2c1NCc1cccc(Br)c1. The van der Waals surface area contributed by atoms with Crippen LogP contribution in [-0.4, -0.2) is 19.6 Å². The van der Waals surface area contributed by atoms with Gasteiger partial charge in [-0.3, -0.25) is 0 Å². The number of benzene rings is 1. The van der Waals surface area contributed by atoms with Gasteiger partial charge in [-0.2, -0.15) is 19.6 Å². The molecular weight excluding hydrogens is 342 g/mol. The van der Waals surface area contributed by atoms with Crippen molar-refractivity contribution in [2.75, 3.05) is 5.32 Å². The average Bonchev–Trinajstić information content (AvgIpc) is 2.87. The van der Waals surface area contributed by atoms with E-state index in [0.29, 0.717) is 17.5 Å². The average molecular weight is 353 g/mol. The van der Waals surface area contributed by atoms with Crippen LogP contribution < -0.4 is 5.32 Å². The van der Waals surface area contributed by atoms with E-state index in [0.717, 1.165) is 21.4 Å². The third-order valence-electron chi connectivity index (χ3n) is 2.95. The second kappa shape index (κ2) is 5.38. The van der Waals surface area contributed by atoms with Gasteiger partial charge in [0.1, 0.15) is 17.3 Å². The van der Waals surface area contributed by atoms with Crippen LogP contribution in [0.25, 0.3) is 5.78 Å². The van der Waals surface area contributed by atoms with E-state index in [-0.39, 0.29) is 0 Å². The van der Waals surface area contributed by atoms with Gasteiger partial charge in [0.15, 0.2) is 0 Å². The van der Waals surface area contributed by atoms with Gasteiger partial charge in [0, 0.05) is 16.6 Å². The molecule has 0 aliphatic rings. The number of hydrogen-bond donors (Lipinski definition) is 1. The first kappa shape index (κ1) is 13.3. The molecule has 7 heteroatoms. The molecular formula is C13H11BrClN5. The minimum Gasteiger partial charge on any atom is -0.366 e. The molecule has 0 saturated heterocycles. The van der Waals surface area contributed by atoms with E-state index >= 15 is 0 Å². The third kappa shape index (κ3) is 2.48. The van der Waals surface area contributed by atoms with Gasteiger partial charge in [-0.15, -0.1) is 0 Å². The normalized spacial score (nSPS) is 10.9. The van der Waals surface area contributed by atoms with E-state index in [1.54, 1.807) is 4.52 Å². The second-order valence-corrected chi connectivity index (χ2v) is 5.61. The molecule has 2 heterocycles. The van der Waals surface area contributed by atoms with Crippen molar-refractivity contribution in [3.8, 4) is 0 Å². The molecule has 0 unspecified atom stereocenters. The quantitative estimate of drug-likeness (QED) is 0.733. The molecule has 0 saturated carbocycles. The summed E-state index contributed by atoms with van der Waals surface area (Å²) >= 11 is 9.58. The first-order valence-corrected chi connectivity index (χ1v) is 7.16. The highest BCUT2D eigenvalue weighted by atomic mass is 79.9. The highest BCUT2D eigenvalue weighted by molar-refractivity contribution is 9.10. The molecule has 0 bridgehead atoms. The Labute approximate surface area is 129 Å². The van der Waals surface area contributed by atoms with E-state index in [2.05, 4.69) is 48.4 Å². The summed E-state index contributed by atoms with van der Waals surface area (Å²) in [7, 11) is 0. The highest BCUT2D eigenvalue weighted by Crippen LogP contribution is 2.23. The fraction of sp³-hybridized carbons (Fsp3) is 0.154. The molecule has 1 N–H and O–H groups in total. The molecule has 0 aliphatic heterocycles. The highest BCUT2D eigenvalue weighted by Gasteiger charge is 2.11. The number of nitrogens with zero attached hydrogens (tertiary/aromatic N) is 4. The van der Waals surface area contributed by atoms with Crippen LogP contribution in [0.3, 0.4) is 0 Å². The number of hydrogen-bond acceptors (Lipinski definition) is 4. The molecule has 0 aliphatic carbocycles. The maximum atomic E-state index is 6.12. The lowest BCUT2D eigenvalue weighted by molar-refractivity contribution is 0.914. The molecule has 0 fully saturated rings. The standard InChI is InChI=1S/C13H11BrClN5/c1-8-11(15)19-13-17-7-18-20(13)12(8)16-6-9-3-2-4-10(14)5-9/h2-5,7,16H,6H2,1H3. The zero-order valence-corrected chi connectivity index (χ0v) is 13.0. The van der Waals surface area contributed by atoms with Crippen LogP contribution in [0.5, 0.6) is 0 Å². The number of nitrogens with one attached hydrogen (secondary N) is 1. The van der Waals surface area contributed by atoms with Crippen LogP contribution >= 0.6 is 27.5 Å². The Kier molecular flexibility index (Phi) is 3.58. The van der Waals surface area contributed by atoms with Gasteiger partial charge in [-0.1, -0.05) is 39.7 Å². The number of fused-ring (bicyclic) bond motifs is 1. The van der Waals surface area contributed by atoms with Crippen molar-refractivity contribution < 1.29 is 0 Å². The molecule has 1 aromatic carbocycles. The van der Waals surface area contributed by atoms with Crippen molar-refractivity contribution in [1.29, 1.82) is 0 Å². The van der Waals surface area contributed by atoms with Crippen LogP contribution in [0.2, 0.25) is 5.15 Å². The fourth-order valence-corrected chi connectivity index (χ4v) is 2.55. The molecule has 3 rings (SSSR count). The monoisotopic (exact) mass is 351 g/mol. The number of aromatic nitrogens is 4. The minimum atomic E-state index is 0.433. The van der Waals surface area contributed by atoms with Crippen molar-refractivity contribution in [3.05, 3.63) is 51.3 Å². The zero-order valence-electron chi connectivity index (χ0n) is 10.6. The van der Waals surface area contributed by atoms with Crippen molar-refractivity contribution in [2.45, 2.75) is 13.5 Å². The smallest absolute Gasteiger partial charge is 0.255 e. The number of anilines is 1. The summed E-state index contributed by atoms with van der Waals surface area (Å²) in [6, 6.07) is 8.10. The lowest BCUT2D eigenvalue weighted by atomic mass is 10.2. The van der Waals surface area contributed by atoms with Crippen LogP contribution in [0.1, 0.15) is 11.1 Å². The Bertz CT molecular complexity index is 771. The molecule has 5 nitrogen and oxygen atoms in total. The fourth-order valence-electron chi connectivity index (χ4n) is 1.94. The largest absolute Gasteiger partial charge is 0.366 e. The van der Waals surface area contributed by atoms with Gasteiger partial charge in [0.2, 0.25) is 0 Å². The zero-order chi connectivity index (χ0) is 14.1. The summed E-state index contributed by atoms with van der Waals surface area (Å²) < 4.78 is 2.70. The predicted molar refractivity (Wildman–Crippen MR) is 82.0 cm³/mol. The molecule has 0 atom stereocenters. The first-order chi connectivity index (χ1) is 9.65. The summed E-state index contributed by atoms with van der Waals surface area (Å²) in [6.45, 7) is 2.56. The van der Waals surface area contributed by atoms with E-state index in [1.165, 1.54) is 6.33 Å². The Morgan fingerprint density at radius 3 is 3.05 bits per heavy atom. The van der Waals surface area contributed by atoms with Gasteiger partial charge in [0.05, 0.1) is 0 Å². The van der Waals surface area contributed by atoms with Crippen molar-refractivity contribution in [3.63, 3.8) is 0 Å². The molecule has 20 heavy (non-hydrogen) atoms. The first-order valence-electron chi connectivity index (χ1n) is 5.99. The molecule has 0 spiro atoms. The number of halogens is 2. The maximum absolute atomic E-state index is 6.12. The van der Waals surface area contributed by atoms with E-state index in [1.807, 2.05) is 19.1 Å². The van der Waals surface area contributed by atoms with Crippen molar-refractivity contribution in [2.24, 2.45) is 0 Å². The molecule has 2 aromatic heterocycles. The maximum Gasteiger partial charge on any atom is 0.255 e. The van der Waals surface area contributed by atoms with E-state index in [4.69, 9.17) is 11.6 Å². The lowest BCUT2D eigenvalue weighted by Crippen LogP contribution is -2.08. The molecule has 0 amide bonds. The summed E-state index contributed by atoms with van der Waals surface area (Å²) in [5.74, 6) is 1.29. The Hall–Kier alpha value is -1.66. The topological polar surface area (TPSA) is 55.1 Å². The summed E-state index contributed by atoms with van der Waals surface area (Å²) in [4.78, 5) is 8.23. The Morgan fingerprint density at radius 1 is 1.40 bits per heavy atom. The molecule has 102 valence electrons. The van der Waals surface area contributed by atoms with Gasteiger partial charge in [-0.05, 0) is 24.6 Å². The van der Waals surface area contributed by atoms with E-state index in [9.17, 15) is 0 Å². The van der Waals surface area contributed by atoms with Gasteiger partial charge >= 0.3 is 0 Å². The minimum absolute atomic E-state index is 0.433. The van der Waals surface area contributed by atoms with Crippen LogP contribution in [0.15, 0.2) is 35.1 Å². The summed E-state index contributed by atoms with van der Waals surface area (Å²) in [5, 5.41) is 7.94. The van der Waals surface area contributed by atoms with Crippen LogP contribution in [0.4, 0.5) is 5.82 Å². The van der Waals surface area contributed by atoms with Gasteiger partial charge < -0.3 is 5.32 Å². The second-order valence-electron chi connectivity index (χ2n) is 4.33. The van der Waals surface area contributed by atoms with Gasteiger partial charge in [0.25, 0.3) is 5.78 Å². The van der Waals surface area contributed by atoms with Crippen LogP contribution in [0, 0.1) is 6.92 Å². The summed E-state index contributed by atoms with van der Waals surface area (Å²) in [6.07, 6.45) is 1.46. The Balaban J connectivity index is 1.94. The lowest BCUT2D eigenvalue weighted by Gasteiger charge is -2.11. The predicted octanol–water partition coefficient (Wildman–Crippen LogP) is 3.46. The molecule has 3 aromatic rings. The van der Waals surface area contributed by atoms with E-state index < -0.39 is 0 Å². The van der Waals surface area contributed by atoms with Crippen molar-refractivity contribution >= 4 is 39.1 Å². The number of rotatable bonds is 3. The van der Waals surface area contributed by atoms with Crippen LogP contribution in [-0.2, 0) is 6.54 Å².